The number of nitrogens with one attached hydrogen (secondary N) is 2. The van der Waals surface area contributed by atoms with Crippen molar-refractivity contribution in [2.24, 2.45) is 5.41 Å². The van der Waals surface area contributed by atoms with E-state index in [1.165, 1.54) is 37.7 Å². The molecule has 1 aromatic heterocycles. The van der Waals surface area contributed by atoms with Crippen LogP contribution in [0, 0.1) is 5.41 Å². The van der Waals surface area contributed by atoms with Crippen molar-refractivity contribution < 1.29 is 32.2 Å². The highest BCUT2D eigenvalue weighted by Gasteiger charge is 2.44. The second kappa shape index (κ2) is 11.1. The van der Waals surface area contributed by atoms with Gasteiger partial charge < -0.3 is 25.8 Å². The number of nitrogen functional groups attached to an aromatic ring is 1. The number of methoxy groups -OCH3 is 1. The summed E-state index contributed by atoms with van der Waals surface area (Å²) in [6.45, 7) is 0.652. The number of rotatable bonds is 9. The van der Waals surface area contributed by atoms with Crippen molar-refractivity contribution in [2.45, 2.75) is 25.6 Å². The van der Waals surface area contributed by atoms with Gasteiger partial charge in [0, 0.05) is 43.2 Å². The fourth-order valence-corrected chi connectivity index (χ4v) is 4.25. The predicted molar refractivity (Wildman–Crippen MR) is 135 cm³/mol. The summed E-state index contributed by atoms with van der Waals surface area (Å²) in [6.07, 6.45) is -1.36. The molecule has 1 amide bonds. The standard InChI is InChI=1S/C27H27F3N4O4/c1-37-21-6-7-23(22(11-21)27(28,29)30)34-20-4-2-17(3-5-20)13-33-25(36)26(8-9-38-16-26)12-24(35)18-10-19(31)15-32-14-18/h2-7,10-11,14-15,34H,8-9,12-13,16,31H2,1H3,(H,33,36)/t26-/m0/s1. The van der Waals surface area contributed by atoms with E-state index in [1.807, 2.05) is 0 Å². The SMILES string of the molecule is COc1ccc(Nc2ccc(CNC(=O)[C@]3(CC(=O)c4cncc(N)c4)CCOC3)cc2)c(C(F)(F)F)c1. The number of halogens is 3. The fourth-order valence-electron chi connectivity index (χ4n) is 4.25. The van der Waals surface area contributed by atoms with Gasteiger partial charge in [0.25, 0.3) is 0 Å². The molecule has 1 aliphatic rings. The molecule has 0 spiro atoms. The van der Waals surface area contributed by atoms with E-state index in [4.69, 9.17) is 15.2 Å². The van der Waals surface area contributed by atoms with Crippen LogP contribution >= 0.6 is 0 Å². The molecule has 11 heteroatoms. The van der Waals surface area contributed by atoms with Crippen molar-refractivity contribution >= 4 is 28.8 Å². The molecule has 0 radical (unpaired) electrons. The number of pyridine rings is 1. The van der Waals surface area contributed by atoms with Gasteiger partial charge >= 0.3 is 6.18 Å². The number of Topliss-reactive ketones (excluding diaryl/α,β-unsaturated/α-hetero) is 1. The highest BCUT2D eigenvalue weighted by molar-refractivity contribution is 6.00. The zero-order valence-corrected chi connectivity index (χ0v) is 20.6. The molecular formula is C27H27F3N4O4. The summed E-state index contributed by atoms with van der Waals surface area (Å²) in [7, 11) is 1.30. The Morgan fingerprint density at radius 2 is 1.89 bits per heavy atom. The lowest BCUT2D eigenvalue weighted by Gasteiger charge is -2.25. The molecule has 1 aliphatic heterocycles. The maximum atomic E-state index is 13.5. The van der Waals surface area contributed by atoms with Gasteiger partial charge in [0.2, 0.25) is 5.91 Å². The van der Waals surface area contributed by atoms with Crippen molar-refractivity contribution in [3.8, 4) is 5.75 Å². The van der Waals surface area contributed by atoms with Crippen LogP contribution in [0.1, 0.15) is 34.3 Å². The molecule has 0 aliphatic carbocycles. The smallest absolute Gasteiger partial charge is 0.418 e. The van der Waals surface area contributed by atoms with Gasteiger partial charge in [-0.3, -0.25) is 14.6 Å². The van der Waals surface area contributed by atoms with Gasteiger partial charge in [-0.2, -0.15) is 13.2 Å². The first-order chi connectivity index (χ1) is 18.1. The molecule has 1 saturated heterocycles. The number of nitrogens with two attached hydrogens (primary N) is 1. The number of aromatic nitrogens is 1. The van der Waals surface area contributed by atoms with Gasteiger partial charge in [0.1, 0.15) is 5.75 Å². The van der Waals surface area contributed by atoms with E-state index < -0.39 is 17.2 Å². The van der Waals surface area contributed by atoms with Crippen LogP contribution in [0.4, 0.5) is 30.2 Å². The van der Waals surface area contributed by atoms with E-state index in [9.17, 15) is 22.8 Å². The summed E-state index contributed by atoms with van der Waals surface area (Å²) in [6, 6.07) is 11.8. The Balaban J connectivity index is 1.40. The van der Waals surface area contributed by atoms with Gasteiger partial charge in [-0.15, -0.1) is 0 Å². The minimum Gasteiger partial charge on any atom is -0.497 e. The summed E-state index contributed by atoms with van der Waals surface area (Å²) >= 11 is 0. The largest absolute Gasteiger partial charge is 0.497 e. The summed E-state index contributed by atoms with van der Waals surface area (Å²) in [5.41, 5.74) is 5.62. The van der Waals surface area contributed by atoms with Gasteiger partial charge in [0.15, 0.2) is 5.78 Å². The van der Waals surface area contributed by atoms with Crippen LogP contribution in [0.15, 0.2) is 60.9 Å². The number of benzene rings is 2. The van der Waals surface area contributed by atoms with Crippen LogP contribution in [-0.4, -0.2) is 37.0 Å². The lowest BCUT2D eigenvalue weighted by atomic mass is 9.80. The zero-order chi connectivity index (χ0) is 27.3. The number of nitrogens with zero attached hydrogens (tertiary/aromatic N) is 1. The number of carbonyl (C=O) groups is 2. The fraction of sp³-hybridized carbons (Fsp3) is 0.296. The van der Waals surface area contributed by atoms with Crippen LogP contribution < -0.4 is 21.1 Å². The molecular weight excluding hydrogens is 501 g/mol. The molecule has 2 heterocycles. The number of hydrogen-bond donors (Lipinski definition) is 3. The molecule has 38 heavy (non-hydrogen) atoms. The Hall–Kier alpha value is -4.12. The maximum absolute atomic E-state index is 13.5. The molecule has 1 fully saturated rings. The second-order valence-corrected chi connectivity index (χ2v) is 9.10. The predicted octanol–water partition coefficient (Wildman–Crippen LogP) is 4.73. The topological polar surface area (TPSA) is 116 Å². The molecule has 4 rings (SSSR count). The first-order valence-corrected chi connectivity index (χ1v) is 11.8. The van der Waals surface area contributed by atoms with Crippen molar-refractivity contribution in [3.05, 3.63) is 77.6 Å². The molecule has 200 valence electrons. The zero-order valence-electron chi connectivity index (χ0n) is 20.6. The average molecular weight is 529 g/mol. The summed E-state index contributed by atoms with van der Waals surface area (Å²) < 4.78 is 50.8. The number of hydrogen-bond acceptors (Lipinski definition) is 7. The Bertz CT molecular complexity index is 1310. The third-order valence-electron chi connectivity index (χ3n) is 6.38. The van der Waals surface area contributed by atoms with Gasteiger partial charge in [-0.1, -0.05) is 12.1 Å². The number of alkyl halides is 3. The van der Waals surface area contributed by atoms with Gasteiger partial charge in [0.05, 0.1) is 36.1 Å². The molecule has 8 nitrogen and oxygen atoms in total. The average Bonchev–Trinajstić information content (AvgIpc) is 3.37. The van der Waals surface area contributed by atoms with Gasteiger partial charge in [-0.05, 0) is 48.4 Å². The quantitative estimate of drug-likeness (QED) is 0.344. The van der Waals surface area contributed by atoms with E-state index >= 15 is 0 Å². The number of anilines is 3. The molecule has 4 N–H and O–H groups in total. The highest BCUT2D eigenvalue weighted by Crippen LogP contribution is 2.38. The summed E-state index contributed by atoms with van der Waals surface area (Å²) in [4.78, 5) is 29.9. The van der Waals surface area contributed by atoms with E-state index in [0.29, 0.717) is 30.0 Å². The first-order valence-electron chi connectivity index (χ1n) is 11.8. The van der Waals surface area contributed by atoms with Crippen LogP contribution in [0.3, 0.4) is 0 Å². The van der Waals surface area contributed by atoms with Crippen LogP contribution in [-0.2, 0) is 22.3 Å². The Kier molecular flexibility index (Phi) is 7.86. The first kappa shape index (κ1) is 26.9. The Morgan fingerprint density at radius 3 is 2.53 bits per heavy atom. The lowest BCUT2D eigenvalue weighted by Crippen LogP contribution is -2.42. The highest BCUT2D eigenvalue weighted by atomic mass is 19.4. The van der Waals surface area contributed by atoms with E-state index in [2.05, 4.69) is 15.6 Å². The normalized spacial score (nSPS) is 17.2. The van der Waals surface area contributed by atoms with Crippen LogP contribution in [0.5, 0.6) is 5.75 Å². The maximum Gasteiger partial charge on any atom is 0.418 e. The molecule has 0 unspecified atom stereocenters. The monoisotopic (exact) mass is 528 g/mol. The summed E-state index contributed by atoms with van der Waals surface area (Å²) in [5, 5.41) is 5.65. The molecule has 0 bridgehead atoms. The van der Waals surface area contributed by atoms with E-state index in [1.54, 1.807) is 24.3 Å². The molecule has 3 aromatic rings. The molecule has 0 saturated carbocycles. The van der Waals surface area contributed by atoms with Crippen molar-refractivity contribution in [1.82, 2.24) is 10.3 Å². The van der Waals surface area contributed by atoms with Crippen molar-refractivity contribution in [2.75, 3.05) is 31.4 Å². The molecule has 2 aromatic carbocycles. The van der Waals surface area contributed by atoms with E-state index in [0.717, 1.165) is 11.6 Å². The second-order valence-electron chi connectivity index (χ2n) is 9.10. The van der Waals surface area contributed by atoms with Crippen LogP contribution in [0.25, 0.3) is 0 Å². The Morgan fingerprint density at radius 1 is 1.13 bits per heavy atom. The number of ether oxygens (including phenoxy) is 2. The van der Waals surface area contributed by atoms with Crippen molar-refractivity contribution in [3.63, 3.8) is 0 Å². The number of carbonyl (C=O) groups excluding carboxylic acids is 2. The lowest BCUT2D eigenvalue weighted by molar-refractivity contribution is -0.137. The minimum absolute atomic E-state index is 0.0454. The summed E-state index contributed by atoms with van der Waals surface area (Å²) in [5.74, 6) is -0.459. The van der Waals surface area contributed by atoms with Crippen molar-refractivity contribution in [1.29, 1.82) is 0 Å². The Labute approximate surface area is 217 Å². The number of amides is 1. The van der Waals surface area contributed by atoms with E-state index in [-0.39, 0.29) is 42.7 Å². The minimum atomic E-state index is -4.56. The van der Waals surface area contributed by atoms with Gasteiger partial charge in [-0.25, -0.2) is 0 Å². The molecule has 1 atom stereocenters. The van der Waals surface area contributed by atoms with Crippen LogP contribution in [0.2, 0.25) is 0 Å². The third kappa shape index (κ3) is 6.23. The number of ketones is 1. The third-order valence-corrected chi connectivity index (χ3v) is 6.38.